The van der Waals surface area contributed by atoms with Crippen molar-refractivity contribution in [1.29, 1.82) is 0 Å². The van der Waals surface area contributed by atoms with E-state index in [1.807, 2.05) is 31.4 Å². The second kappa shape index (κ2) is 9.24. The number of rotatable bonds is 8. The number of carbonyl (C=O) groups excluding carboxylic acids is 2. The minimum atomic E-state index is -0.666. The Morgan fingerprint density at radius 2 is 1.93 bits per heavy atom. The number of Topliss-reactive ketones (excluding diaryl/α,β-unsaturated/α-hetero) is 1. The van der Waals surface area contributed by atoms with Gasteiger partial charge >= 0.3 is 0 Å². The van der Waals surface area contributed by atoms with E-state index in [-0.39, 0.29) is 17.4 Å². The van der Waals surface area contributed by atoms with Gasteiger partial charge in [0.05, 0.1) is 17.7 Å². The predicted molar refractivity (Wildman–Crippen MR) is 112 cm³/mol. The third kappa shape index (κ3) is 4.52. The number of amides is 1. The summed E-state index contributed by atoms with van der Waals surface area (Å²) >= 11 is 1.45. The molecular weight excluding hydrogens is 390 g/mol. The van der Waals surface area contributed by atoms with Gasteiger partial charge in [-0.1, -0.05) is 6.07 Å². The van der Waals surface area contributed by atoms with Crippen molar-refractivity contribution >= 4 is 28.8 Å². The first-order valence-electron chi connectivity index (χ1n) is 9.52. The van der Waals surface area contributed by atoms with Crippen LogP contribution in [0.4, 0.5) is 0 Å². The smallest absolute Gasteiger partial charge is 0.295 e. The van der Waals surface area contributed by atoms with E-state index in [1.165, 1.54) is 16.2 Å². The van der Waals surface area contributed by atoms with Crippen LogP contribution in [0, 0.1) is 0 Å². The fraction of sp³-hybridized carbons (Fsp3) is 0.364. The number of carbonyl (C=O) groups is 2. The quantitative estimate of drug-likeness (QED) is 0.305. The van der Waals surface area contributed by atoms with Crippen molar-refractivity contribution in [3.63, 3.8) is 0 Å². The zero-order valence-electron chi connectivity index (χ0n) is 16.8. The number of benzene rings is 1. The number of thiophene rings is 1. The van der Waals surface area contributed by atoms with Crippen molar-refractivity contribution in [1.82, 2.24) is 4.90 Å². The van der Waals surface area contributed by atoms with E-state index in [1.54, 1.807) is 31.4 Å². The average molecular weight is 416 g/mol. The van der Waals surface area contributed by atoms with Crippen LogP contribution in [0.5, 0.6) is 5.75 Å². The van der Waals surface area contributed by atoms with Crippen LogP contribution >= 0.6 is 11.3 Å². The summed E-state index contributed by atoms with van der Waals surface area (Å²) in [6.45, 7) is 4.72. The fourth-order valence-corrected chi connectivity index (χ4v) is 4.20. The molecule has 1 aromatic heterocycles. The number of aliphatic hydroxyl groups excluding tert-OH is 1. The number of methoxy groups -OCH3 is 1. The Labute approximate surface area is 174 Å². The van der Waals surface area contributed by atoms with Gasteiger partial charge in [-0.25, -0.2) is 0 Å². The fourth-order valence-electron chi connectivity index (χ4n) is 3.35. The van der Waals surface area contributed by atoms with E-state index >= 15 is 0 Å². The Kier molecular flexibility index (Phi) is 6.71. The van der Waals surface area contributed by atoms with Gasteiger partial charge in [-0.05, 0) is 56.0 Å². The van der Waals surface area contributed by atoms with Crippen molar-refractivity contribution in [3.8, 4) is 5.75 Å². The molecule has 29 heavy (non-hydrogen) atoms. The first-order chi connectivity index (χ1) is 13.9. The maximum absolute atomic E-state index is 12.8. The summed E-state index contributed by atoms with van der Waals surface area (Å²) < 4.78 is 10.7. The molecule has 0 aliphatic carbocycles. The number of ether oxygens (including phenoxy) is 2. The standard InChI is InChI=1S/C22H25NO5S/c1-14(2)28-16-9-7-15(8-10-16)20(24)18-19(17-6-4-13-29-17)23(11-5-12-27-3)22(26)21(18)25/h4,6-10,13-14,19,24H,5,11-12H2,1-3H3/b20-18+/t19-/m0/s1. The summed E-state index contributed by atoms with van der Waals surface area (Å²) in [5, 5.41) is 12.9. The number of hydrogen-bond acceptors (Lipinski definition) is 6. The van der Waals surface area contributed by atoms with E-state index in [0.29, 0.717) is 30.9 Å². The summed E-state index contributed by atoms with van der Waals surface area (Å²) in [6.07, 6.45) is 0.637. The van der Waals surface area contributed by atoms with Gasteiger partial charge in [0.15, 0.2) is 0 Å². The van der Waals surface area contributed by atoms with Crippen molar-refractivity contribution in [2.24, 2.45) is 0 Å². The number of aliphatic hydroxyl groups is 1. The predicted octanol–water partition coefficient (Wildman–Crippen LogP) is 3.99. The van der Waals surface area contributed by atoms with Gasteiger partial charge in [0.2, 0.25) is 0 Å². The molecule has 0 radical (unpaired) electrons. The molecule has 1 saturated heterocycles. The molecule has 1 aromatic carbocycles. The highest BCUT2D eigenvalue weighted by Crippen LogP contribution is 2.41. The Balaban J connectivity index is 1.99. The first kappa shape index (κ1) is 21.1. The van der Waals surface area contributed by atoms with Gasteiger partial charge in [-0.3, -0.25) is 9.59 Å². The SMILES string of the molecule is COCCCN1C(=O)C(=O)/C(=C(/O)c2ccc(OC(C)C)cc2)[C@@H]1c1cccs1. The minimum absolute atomic E-state index is 0.0331. The molecule has 7 heteroatoms. The van der Waals surface area contributed by atoms with E-state index in [4.69, 9.17) is 9.47 Å². The molecule has 1 amide bonds. The topological polar surface area (TPSA) is 76.1 Å². The van der Waals surface area contributed by atoms with Crippen LogP contribution in [-0.4, -0.2) is 48.1 Å². The van der Waals surface area contributed by atoms with Crippen LogP contribution in [0.25, 0.3) is 5.76 Å². The molecule has 0 unspecified atom stereocenters. The second-order valence-electron chi connectivity index (χ2n) is 7.05. The Morgan fingerprint density at radius 1 is 1.21 bits per heavy atom. The lowest BCUT2D eigenvalue weighted by molar-refractivity contribution is -0.140. The largest absolute Gasteiger partial charge is 0.507 e. The van der Waals surface area contributed by atoms with Crippen LogP contribution in [0.3, 0.4) is 0 Å². The Hall–Kier alpha value is -2.64. The highest BCUT2D eigenvalue weighted by atomic mass is 32.1. The van der Waals surface area contributed by atoms with Crippen molar-refractivity contribution in [2.75, 3.05) is 20.3 Å². The van der Waals surface area contributed by atoms with Gasteiger partial charge in [-0.15, -0.1) is 11.3 Å². The van der Waals surface area contributed by atoms with E-state index in [9.17, 15) is 14.7 Å². The molecule has 154 valence electrons. The lowest BCUT2D eigenvalue weighted by atomic mass is 10.00. The van der Waals surface area contributed by atoms with Crippen molar-refractivity contribution < 1.29 is 24.2 Å². The summed E-state index contributed by atoms with van der Waals surface area (Å²) in [5.41, 5.74) is 0.588. The van der Waals surface area contributed by atoms with Crippen molar-refractivity contribution in [2.45, 2.75) is 32.4 Å². The normalized spacial score (nSPS) is 18.6. The third-order valence-corrected chi connectivity index (χ3v) is 5.52. The summed E-state index contributed by atoms with van der Waals surface area (Å²) in [7, 11) is 1.59. The van der Waals surface area contributed by atoms with Gasteiger partial charge in [0.25, 0.3) is 11.7 Å². The van der Waals surface area contributed by atoms with Gasteiger partial charge in [0, 0.05) is 30.7 Å². The molecule has 0 spiro atoms. The summed E-state index contributed by atoms with van der Waals surface area (Å²) in [6, 6.07) is 10.0. The van der Waals surface area contributed by atoms with Gasteiger partial charge in [0.1, 0.15) is 11.5 Å². The zero-order chi connectivity index (χ0) is 21.0. The first-order valence-corrected chi connectivity index (χ1v) is 10.4. The van der Waals surface area contributed by atoms with E-state index in [0.717, 1.165) is 4.88 Å². The monoisotopic (exact) mass is 415 g/mol. The summed E-state index contributed by atoms with van der Waals surface area (Å²) in [4.78, 5) is 27.9. The van der Waals surface area contributed by atoms with Crippen LogP contribution in [0.1, 0.15) is 36.8 Å². The van der Waals surface area contributed by atoms with Crippen LogP contribution < -0.4 is 4.74 Å². The second-order valence-corrected chi connectivity index (χ2v) is 8.02. The maximum atomic E-state index is 12.8. The van der Waals surface area contributed by atoms with Crippen molar-refractivity contribution in [3.05, 3.63) is 57.8 Å². The number of likely N-dealkylation sites (tertiary alicyclic amines) is 1. The molecule has 2 aromatic rings. The van der Waals surface area contributed by atoms with Gasteiger partial charge < -0.3 is 19.5 Å². The van der Waals surface area contributed by atoms with Crippen LogP contribution in [-0.2, 0) is 14.3 Å². The molecule has 1 aliphatic heterocycles. The van der Waals surface area contributed by atoms with Gasteiger partial charge in [-0.2, -0.15) is 0 Å². The molecule has 6 nitrogen and oxygen atoms in total. The molecule has 0 bridgehead atoms. The zero-order valence-corrected chi connectivity index (χ0v) is 17.6. The minimum Gasteiger partial charge on any atom is -0.507 e. The molecule has 1 fully saturated rings. The number of nitrogens with zero attached hydrogens (tertiary/aromatic N) is 1. The Morgan fingerprint density at radius 3 is 2.52 bits per heavy atom. The molecule has 0 saturated carbocycles. The molecule has 1 atom stereocenters. The van der Waals surface area contributed by atoms with E-state index in [2.05, 4.69) is 0 Å². The molecule has 1 N–H and O–H groups in total. The lowest BCUT2D eigenvalue weighted by Gasteiger charge is -2.24. The molecule has 3 rings (SSSR count). The number of ketones is 1. The third-order valence-electron chi connectivity index (χ3n) is 4.60. The number of hydrogen-bond donors (Lipinski definition) is 1. The van der Waals surface area contributed by atoms with E-state index < -0.39 is 17.7 Å². The Bertz CT molecular complexity index is 886. The molecule has 1 aliphatic rings. The summed E-state index contributed by atoms with van der Waals surface area (Å²) in [5.74, 6) is -0.764. The molecule has 2 heterocycles. The van der Waals surface area contributed by atoms with Crippen LogP contribution in [0.15, 0.2) is 47.4 Å². The average Bonchev–Trinajstić information content (AvgIpc) is 3.30. The molecular formula is C22H25NO5S. The lowest BCUT2D eigenvalue weighted by Crippen LogP contribution is -2.31. The highest BCUT2D eigenvalue weighted by Gasteiger charge is 2.46. The van der Waals surface area contributed by atoms with Crippen LogP contribution in [0.2, 0.25) is 0 Å². The maximum Gasteiger partial charge on any atom is 0.295 e. The highest BCUT2D eigenvalue weighted by molar-refractivity contribution is 7.10.